The van der Waals surface area contributed by atoms with Gasteiger partial charge in [-0.25, -0.2) is 4.98 Å². The van der Waals surface area contributed by atoms with Crippen LogP contribution in [0.1, 0.15) is 30.7 Å². The number of amidine groups is 1. The van der Waals surface area contributed by atoms with Crippen molar-refractivity contribution in [1.82, 2.24) is 14.8 Å². The van der Waals surface area contributed by atoms with E-state index >= 15 is 0 Å². The molecule has 1 aromatic rings. The van der Waals surface area contributed by atoms with Crippen LogP contribution in [0, 0.1) is 0 Å². The van der Waals surface area contributed by atoms with Gasteiger partial charge >= 0.3 is 0 Å². The van der Waals surface area contributed by atoms with Crippen LogP contribution in [-0.2, 0) is 11.3 Å². The molecule has 0 N–H and O–H groups in total. The number of methoxy groups -OCH3 is 1. The van der Waals surface area contributed by atoms with Gasteiger partial charge in [0.15, 0.2) is 5.17 Å². The molecule has 0 aliphatic carbocycles. The molecular weight excluding hydrogens is 316 g/mol. The molecule has 2 atom stereocenters. The second-order valence-electron chi connectivity index (χ2n) is 5.87. The molecule has 5 nitrogen and oxygen atoms in total. The van der Waals surface area contributed by atoms with Gasteiger partial charge in [0.1, 0.15) is 11.1 Å². The Morgan fingerprint density at radius 1 is 1.36 bits per heavy atom. The summed E-state index contributed by atoms with van der Waals surface area (Å²) < 4.78 is 5.33. The average Bonchev–Trinajstić information content (AvgIpc) is 3.16. The van der Waals surface area contributed by atoms with Crippen molar-refractivity contribution in [2.75, 3.05) is 39.8 Å². The molecule has 1 fully saturated rings. The van der Waals surface area contributed by atoms with E-state index in [0.29, 0.717) is 5.25 Å². The smallest absolute Gasteiger partial charge is 0.159 e. The number of thiazole rings is 1. The summed E-state index contributed by atoms with van der Waals surface area (Å²) in [6.07, 6.45) is 0.0926. The highest BCUT2D eigenvalue weighted by Gasteiger charge is 2.25. The lowest BCUT2D eigenvalue weighted by Gasteiger charge is -2.35. The van der Waals surface area contributed by atoms with Crippen LogP contribution in [0.2, 0.25) is 0 Å². The summed E-state index contributed by atoms with van der Waals surface area (Å²) in [7, 11) is 1.73. The lowest BCUT2D eigenvalue weighted by molar-refractivity contribution is 0.119. The maximum absolute atomic E-state index is 5.33. The molecule has 122 valence electrons. The van der Waals surface area contributed by atoms with E-state index < -0.39 is 0 Å². The van der Waals surface area contributed by atoms with Gasteiger partial charge in [0, 0.05) is 50.5 Å². The minimum atomic E-state index is 0.0926. The molecule has 0 radical (unpaired) electrons. The summed E-state index contributed by atoms with van der Waals surface area (Å²) in [5, 5.41) is 5.12. The van der Waals surface area contributed by atoms with Crippen LogP contribution in [0.25, 0.3) is 0 Å². The molecule has 2 aliphatic heterocycles. The van der Waals surface area contributed by atoms with E-state index in [2.05, 4.69) is 27.1 Å². The van der Waals surface area contributed by atoms with Gasteiger partial charge in [-0.2, -0.15) is 0 Å². The first-order chi connectivity index (χ1) is 10.7. The largest absolute Gasteiger partial charge is 0.375 e. The predicted molar refractivity (Wildman–Crippen MR) is 93.7 cm³/mol. The van der Waals surface area contributed by atoms with Gasteiger partial charge in [0.25, 0.3) is 0 Å². The van der Waals surface area contributed by atoms with E-state index in [0.717, 1.165) is 44.3 Å². The molecule has 22 heavy (non-hydrogen) atoms. The minimum absolute atomic E-state index is 0.0926. The highest BCUT2D eigenvalue weighted by molar-refractivity contribution is 8.14. The van der Waals surface area contributed by atoms with Crippen LogP contribution in [0.15, 0.2) is 10.4 Å². The standard InChI is InChI=1S/C15H24N4OS2/c1-11-8-16-15(22-11)19-6-4-18(5-7-19)9-13-10-21-14(17-13)12(2)20-3/h10-12H,4-9H2,1-3H3. The monoisotopic (exact) mass is 340 g/mol. The summed E-state index contributed by atoms with van der Waals surface area (Å²) >= 11 is 3.62. The first-order valence-corrected chi connectivity index (χ1v) is 9.57. The zero-order valence-electron chi connectivity index (χ0n) is 13.5. The average molecular weight is 341 g/mol. The third-order valence-electron chi connectivity index (χ3n) is 4.09. The van der Waals surface area contributed by atoms with Crippen molar-refractivity contribution in [2.45, 2.75) is 31.7 Å². The minimum Gasteiger partial charge on any atom is -0.375 e. The third-order valence-corrected chi connectivity index (χ3v) is 6.29. The van der Waals surface area contributed by atoms with E-state index in [4.69, 9.17) is 9.72 Å². The van der Waals surface area contributed by atoms with E-state index in [1.807, 2.05) is 18.7 Å². The van der Waals surface area contributed by atoms with Gasteiger partial charge < -0.3 is 9.64 Å². The molecule has 0 aromatic carbocycles. The zero-order valence-corrected chi connectivity index (χ0v) is 15.1. The van der Waals surface area contributed by atoms with Crippen molar-refractivity contribution >= 4 is 28.3 Å². The van der Waals surface area contributed by atoms with Crippen molar-refractivity contribution in [3.63, 3.8) is 0 Å². The summed E-state index contributed by atoms with van der Waals surface area (Å²) in [5.41, 5.74) is 1.17. The number of hydrogen-bond acceptors (Lipinski definition) is 7. The van der Waals surface area contributed by atoms with Crippen molar-refractivity contribution < 1.29 is 4.74 Å². The Hall–Kier alpha value is -0.630. The second kappa shape index (κ2) is 7.29. The third kappa shape index (κ3) is 3.82. The Bertz CT molecular complexity index is 525. The van der Waals surface area contributed by atoms with Gasteiger partial charge in [0.2, 0.25) is 0 Å². The number of thioether (sulfide) groups is 1. The Labute approximate surface area is 140 Å². The molecule has 0 amide bonds. The van der Waals surface area contributed by atoms with E-state index in [-0.39, 0.29) is 6.10 Å². The number of aromatic nitrogens is 1. The van der Waals surface area contributed by atoms with Crippen LogP contribution in [-0.4, -0.2) is 65.0 Å². The maximum Gasteiger partial charge on any atom is 0.159 e. The normalized spacial score (nSPS) is 24.6. The van der Waals surface area contributed by atoms with Gasteiger partial charge in [0.05, 0.1) is 12.2 Å². The molecule has 0 spiro atoms. The van der Waals surface area contributed by atoms with Gasteiger partial charge in [-0.15, -0.1) is 11.3 Å². The lowest BCUT2D eigenvalue weighted by atomic mass is 10.3. The Kier molecular flexibility index (Phi) is 5.38. The number of aliphatic imine (C=N–C) groups is 1. The maximum atomic E-state index is 5.33. The summed E-state index contributed by atoms with van der Waals surface area (Å²) in [4.78, 5) is 14.3. The quantitative estimate of drug-likeness (QED) is 0.842. The number of nitrogens with zero attached hydrogens (tertiary/aromatic N) is 4. The van der Waals surface area contributed by atoms with Crippen LogP contribution in [0.5, 0.6) is 0 Å². The lowest BCUT2D eigenvalue weighted by Crippen LogP contribution is -2.47. The molecule has 1 aromatic heterocycles. The SMILES string of the molecule is COC(C)c1nc(CN2CCN(C3=NCC(C)S3)CC2)cs1. The Morgan fingerprint density at radius 2 is 2.14 bits per heavy atom. The topological polar surface area (TPSA) is 41.0 Å². The van der Waals surface area contributed by atoms with Crippen molar-refractivity contribution in [1.29, 1.82) is 0 Å². The van der Waals surface area contributed by atoms with E-state index in [1.54, 1.807) is 18.4 Å². The van der Waals surface area contributed by atoms with Crippen LogP contribution < -0.4 is 0 Å². The fraction of sp³-hybridized carbons (Fsp3) is 0.733. The highest BCUT2D eigenvalue weighted by Crippen LogP contribution is 2.24. The van der Waals surface area contributed by atoms with Gasteiger partial charge in [-0.3, -0.25) is 9.89 Å². The van der Waals surface area contributed by atoms with Crippen molar-refractivity contribution in [2.24, 2.45) is 4.99 Å². The van der Waals surface area contributed by atoms with Crippen molar-refractivity contribution in [3.8, 4) is 0 Å². The molecular formula is C15H24N4OS2. The summed E-state index contributed by atoms with van der Waals surface area (Å²) in [6, 6.07) is 0. The number of piperazine rings is 1. The Balaban J connectivity index is 1.48. The first-order valence-electron chi connectivity index (χ1n) is 7.81. The fourth-order valence-electron chi connectivity index (χ4n) is 2.64. The predicted octanol–water partition coefficient (Wildman–Crippen LogP) is 2.46. The van der Waals surface area contributed by atoms with Gasteiger partial charge in [-0.05, 0) is 6.92 Å². The van der Waals surface area contributed by atoms with Gasteiger partial charge in [-0.1, -0.05) is 18.7 Å². The Morgan fingerprint density at radius 3 is 2.77 bits per heavy atom. The second-order valence-corrected chi connectivity index (χ2v) is 8.17. The number of hydrogen-bond donors (Lipinski definition) is 0. The molecule has 0 bridgehead atoms. The molecule has 3 heterocycles. The van der Waals surface area contributed by atoms with E-state index in [1.165, 1.54) is 10.9 Å². The summed E-state index contributed by atoms with van der Waals surface area (Å²) in [6.45, 7) is 10.5. The van der Waals surface area contributed by atoms with Crippen LogP contribution in [0.3, 0.4) is 0 Å². The fourth-order valence-corrected chi connectivity index (χ4v) is 4.48. The van der Waals surface area contributed by atoms with Crippen molar-refractivity contribution in [3.05, 3.63) is 16.1 Å². The molecule has 1 saturated heterocycles. The molecule has 7 heteroatoms. The number of ether oxygens (including phenoxy) is 1. The molecule has 3 rings (SSSR count). The summed E-state index contributed by atoms with van der Waals surface area (Å²) in [5.74, 6) is 0. The first kappa shape index (κ1) is 16.2. The number of rotatable bonds is 4. The van der Waals surface area contributed by atoms with Crippen LogP contribution >= 0.6 is 23.1 Å². The molecule has 2 unspecified atom stereocenters. The molecule has 0 saturated carbocycles. The zero-order chi connectivity index (χ0) is 15.5. The molecule has 2 aliphatic rings. The highest BCUT2D eigenvalue weighted by atomic mass is 32.2. The van der Waals surface area contributed by atoms with E-state index in [9.17, 15) is 0 Å². The van der Waals surface area contributed by atoms with Crippen LogP contribution in [0.4, 0.5) is 0 Å².